The molecule has 3 N–H and O–H groups in total. The van der Waals surface area contributed by atoms with Crippen molar-refractivity contribution in [1.29, 1.82) is 0 Å². The minimum atomic E-state index is -0.481. The lowest BCUT2D eigenvalue weighted by atomic mass is 9.98. The minimum Gasteiger partial charge on any atom is -0.493 e. The van der Waals surface area contributed by atoms with Gasteiger partial charge in [-0.15, -0.1) is 0 Å². The van der Waals surface area contributed by atoms with Crippen LogP contribution in [0.15, 0.2) is 36.7 Å². The van der Waals surface area contributed by atoms with Gasteiger partial charge in [-0.25, -0.2) is 14.4 Å². The van der Waals surface area contributed by atoms with Crippen molar-refractivity contribution in [3.8, 4) is 11.5 Å². The molecular weight excluding hydrogens is 447 g/mol. The van der Waals surface area contributed by atoms with Gasteiger partial charge >= 0.3 is 0 Å². The van der Waals surface area contributed by atoms with E-state index in [4.69, 9.17) is 21.1 Å². The number of rotatable bonds is 8. The summed E-state index contributed by atoms with van der Waals surface area (Å²) in [6.07, 6.45) is 4.22. The number of aromatic nitrogens is 2. The van der Waals surface area contributed by atoms with Crippen molar-refractivity contribution in [1.82, 2.24) is 15.3 Å². The van der Waals surface area contributed by atoms with Crippen molar-refractivity contribution in [2.75, 3.05) is 32.1 Å². The minimum absolute atomic E-state index is 0.0300. The summed E-state index contributed by atoms with van der Waals surface area (Å²) in [5.74, 6) is 1.82. The Balaban J connectivity index is 1.29. The Morgan fingerprint density at radius 1 is 1.27 bits per heavy atom. The summed E-state index contributed by atoms with van der Waals surface area (Å²) in [6.45, 7) is 2.15. The number of hydrogen-bond acceptors (Lipinski definition) is 7. The Kier molecular flexibility index (Phi) is 5.99. The van der Waals surface area contributed by atoms with Crippen molar-refractivity contribution in [2.24, 2.45) is 11.3 Å². The number of halogens is 2. The fourth-order valence-electron chi connectivity index (χ4n) is 4.84. The van der Waals surface area contributed by atoms with E-state index < -0.39 is 5.82 Å². The molecule has 2 aliphatic rings. The van der Waals surface area contributed by atoms with Gasteiger partial charge in [-0.2, -0.15) is 0 Å². The molecule has 0 radical (unpaired) electrons. The van der Waals surface area contributed by atoms with Crippen LogP contribution in [-0.2, 0) is 0 Å². The third-order valence-electron chi connectivity index (χ3n) is 6.79. The standard InChI is InChI=1S/C24H26ClFN4O3/c1-32-20-9-19-16(23(29-13-28-19)30-15-4-5-18(26)17(25)7-15)8-21(20)33-6-2-3-14-10-24(14)12-27-11-22(24)31/h4-5,7-9,13-14,22,27,31H,2-3,6,10-12H2,1H3,(H,28,29,30). The van der Waals surface area contributed by atoms with Gasteiger partial charge in [0.15, 0.2) is 11.5 Å². The van der Waals surface area contributed by atoms with E-state index >= 15 is 0 Å². The highest BCUT2D eigenvalue weighted by atomic mass is 35.5. The highest BCUT2D eigenvalue weighted by molar-refractivity contribution is 6.31. The van der Waals surface area contributed by atoms with Gasteiger partial charge in [-0.1, -0.05) is 11.6 Å². The van der Waals surface area contributed by atoms with E-state index in [0.717, 1.165) is 31.2 Å². The molecule has 1 aromatic heterocycles. The van der Waals surface area contributed by atoms with Crippen molar-refractivity contribution >= 4 is 34.0 Å². The third-order valence-corrected chi connectivity index (χ3v) is 7.08. The molecule has 5 rings (SSSR count). The van der Waals surface area contributed by atoms with Crippen LogP contribution in [0, 0.1) is 17.2 Å². The number of nitrogens with one attached hydrogen (secondary N) is 2. The molecular formula is C24H26ClFN4O3. The fraction of sp³-hybridized carbons (Fsp3) is 0.417. The summed E-state index contributed by atoms with van der Waals surface area (Å²) in [6, 6.07) is 8.07. The first kappa shape index (κ1) is 22.1. The molecule has 3 atom stereocenters. The van der Waals surface area contributed by atoms with Crippen LogP contribution in [0.4, 0.5) is 15.9 Å². The van der Waals surface area contributed by atoms with Crippen LogP contribution in [-0.4, -0.2) is 48.0 Å². The molecule has 1 saturated carbocycles. The molecule has 1 aliphatic heterocycles. The zero-order valence-corrected chi connectivity index (χ0v) is 19.0. The summed E-state index contributed by atoms with van der Waals surface area (Å²) < 4.78 is 25.1. The van der Waals surface area contributed by atoms with Gasteiger partial charge in [0.1, 0.15) is 18.0 Å². The van der Waals surface area contributed by atoms with Crippen molar-refractivity contribution < 1.29 is 19.0 Å². The van der Waals surface area contributed by atoms with Crippen LogP contribution in [0.25, 0.3) is 10.9 Å². The summed E-state index contributed by atoms with van der Waals surface area (Å²) >= 11 is 5.91. The molecule has 2 heterocycles. The van der Waals surface area contributed by atoms with Gasteiger partial charge in [0.05, 0.1) is 30.4 Å². The Hall–Kier alpha value is -2.68. The van der Waals surface area contributed by atoms with Crippen LogP contribution in [0.2, 0.25) is 5.02 Å². The summed E-state index contributed by atoms with van der Waals surface area (Å²) in [5, 5.41) is 17.4. The lowest BCUT2D eigenvalue weighted by molar-refractivity contribution is 0.124. The second kappa shape index (κ2) is 8.93. The predicted molar refractivity (Wildman–Crippen MR) is 125 cm³/mol. The molecule has 33 heavy (non-hydrogen) atoms. The quantitative estimate of drug-likeness (QED) is 0.421. The molecule has 9 heteroatoms. The zero-order chi connectivity index (χ0) is 23.0. The SMILES string of the molecule is COc1cc2ncnc(Nc3ccc(F)c(Cl)c3)c2cc1OCCCC1CC12CNCC2O. The van der Waals surface area contributed by atoms with Crippen LogP contribution in [0.5, 0.6) is 11.5 Å². The number of fused-ring (bicyclic) bond motifs is 1. The molecule has 7 nitrogen and oxygen atoms in total. The zero-order valence-electron chi connectivity index (χ0n) is 18.3. The number of benzene rings is 2. The van der Waals surface area contributed by atoms with Gasteiger partial charge in [-0.3, -0.25) is 0 Å². The normalized spacial score (nSPS) is 23.8. The first-order valence-electron chi connectivity index (χ1n) is 11.1. The second-order valence-electron chi connectivity index (χ2n) is 8.77. The number of methoxy groups -OCH3 is 1. The number of ether oxygens (including phenoxy) is 2. The third kappa shape index (κ3) is 4.30. The first-order valence-corrected chi connectivity index (χ1v) is 11.4. The van der Waals surface area contributed by atoms with Gasteiger partial charge in [0.25, 0.3) is 0 Å². The summed E-state index contributed by atoms with van der Waals surface area (Å²) in [4.78, 5) is 8.68. The Morgan fingerprint density at radius 2 is 2.15 bits per heavy atom. The number of aliphatic hydroxyl groups excluding tert-OH is 1. The molecule has 2 aromatic carbocycles. The first-order chi connectivity index (χ1) is 16.0. The maximum Gasteiger partial charge on any atom is 0.162 e. The van der Waals surface area contributed by atoms with Gasteiger partial charge in [0.2, 0.25) is 0 Å². The van der Waals surface area contributed by atoms with Crippen LogP contribution >= 0.6 is 11.6 Å². The molecule has 1 aliphatic carbocycles. The lowest BCUT2D eigenvalue weighted by Crippen LogP contribution is -2.21. The predicted octanol–water partition coefficient (Wildman–Crippen LogP) is 4.30. The van der Waals surface area contributed by atoms with Crippen LogP contribution in [0.3, 0.4) is 0 Å². The molecule has 0 bridgehead atoms. The molecule has 1 spiro atoms. The van der Waals surface area contributed by atoms with Crippen molar-refractivity contribution in [3.63, 3.8) is 0 Å². The maximum atomic E-state index is 13.5. The Bertz CT molecular complexity index is 1180. The van der Waals surface area contributed by atoms with Crippen LogP contribution < -0.4 is 20.1 Å². The van der Waals surface area contributed by atoms with E-state index in [1.165, 1.54) is 18.5 Å². The van der Waals surface area contributed by atoms with E-state index in [2.05, 4.69) is 20.6 Å². The molecule has 174 valence electrons. The molecule has 3 unspecified atom stereocenters. The fourth-order valence-corrected chi connectivity index (χ4v) is 5.02. The van der Waals surface area contributed by atoms with Crippen LogP contribution in [0.1, 0.15) is 19.3 Å². The van der Waals surface area contributed by atoms with E-state index in [0.29, 0.717) is 47.6 Å². The average Bonchev–Trinajstić information content (AvgIpc) is 3.40. The smallest absolute Gasteiger partial charge is 0.162 e. The number of aliphatic hydroxyl groups is 1. The number of β-amino-alcohol motifs (C(OH)–C–C–N with tert-alkyl or cyclic N) is 1. The van der Waals surface area contributed by atoms with Gasteiger partial charge < -0.3 is 25.2 Å². The summed E-state index contributed by atoms with van der Waals surface area (Å²) in [7, 11) is 1.59. The topological polar surface area (TPSA) is 88.5 Å². The molecule has 3 aromatic rings. The number of nitrogens with zero attached hydrogens (tertiary/aromatic N) is 2. The highest BCUT2D eigenvalue weighted by Crippen LogP contribution is 2.58. The monoisotopic (exact) mass is 472 g/mol. The molecule has 1 saturated heterocycles. The molecule has 0 amide bonds. The van der Waals surface area contributed by atoms with E-state index in [1.54, 1.807) is 13.2 Å². The average molecular weight is 473 g/mol. The van der Waals surface area contributed by atoms with Gasteiger partial charge in [-0.05, 0) is 49.4 Å². The van der Waals surface area contributed by atoms with Crippen molar-refractivity contribution in [3.05, 3.63) is 47.5 Å². The Labute approximate surface area is 196 Å². The van der Waals surface area contributed by atoms with Gasteiger partial charge in [0, 0.05) is 35.6 Å². The number of anilines is 2. The lowest BCUT2D eigenvalue weighted by Gasteiger charge is -2.15. The second-order valence-corrected chi connectivity index (χ2v) is 9.18. The summed E-state index contributed by atoms with van der Waals surface area (Å²) in [5.41, 5.74) is 1.39. The van der Waals surface area contributed by atoms with E-state index in [9.17, 15) is 9.50 Å². The maximum absolute atomic E-state index is 13.5. The highest BCUT2D eigenvalue weighted by Gasteiger charge is 2.59. The van der Waals surface area contributed by atoms with E-state index in [-0.39, 0.29) is 16.5 Å². The Morgan fingerprint density at radius 3 is 2.91 bits per heavy atom. The molecule has 2 fully saturated rings. The largest absolute Gasteiger partial charge is 0.493 e. The van der Waals surface area contributed by atoms with Crippen molar-refractivity contribution in [2.45, 2.75) is 25.4 Å². The van der Waals surface area contributed by atoms with E-state index in [1.807, 2.05) is 12.1 Å². The number of hydrogen-bond donors (Lipinski definition) is 3.